The van der Waals surface area contributed by atoms with E-state index in [4.69, 9.17) is 61.8 Å². The Kier molecular flexibility index (Phi) is 29.0. The highest BCUT2D eigenvalue weighted by Gasteiger charge is 2.54. The van der Waals surface area contributed by atoms with Gasteiger partial charge < -0.3 is 129 Å². The SMILES string of the molecule is CO[C@H]1O[C@H](O[C@@H](c2cnc[nH]2)[C@H](NC(=O)c2nc([C@H](CC(N)=O)NC[C@H](N)C(N)=O)nc(N)c2C)C(=O)N[C@H](C)[C@@H](O)[C@H](C)C(=O)N[C@H](C(=O)NCCc2nc(-c3nc(C(=O)NCCC[S+](C)C)cs3)cs2)[C@H](C)O)[C@H](O[C@@H]2O[C@@H](OC)[C@H](O)[C@@H](OC(N)=O)[C@H]2O)[C@H](O)[C@H]1O. The molecule has 96 heavy (non-hydrogen) atoms. The van der Waals surface area contributed by atoms with Crippen LogP contribution < -0.4 is 60.6 Å². The number of primary amides is 3. The molecule has 0 saturated carbocycles. The van der Waals surface area contributed by atoms with Crippen LogP contribution in [0.4, 0.5) is 10.6 Å². The van der Waals surface area contributed by atoms with Crippen LogP contribution in [0.1, 0.15) is 88.8 Å². The number of rotatable bonds is 35. The topological polar surface area (TPSA) is 605 Å². The highest BCUT2D eigenvalue weighted by Crippen LogP contribution is 2.35. The van der Waals surface area contributed by atoms with Crippen molar-refractivity contribution in [1.82, 2.24) is 61.8 Å². The van der Waals surface area contributed by atoms with Crippen molar-refractivity contribution in [2.75, 3.05) is 57.9 Å². The molecule has 532 valence electrons. The molecule has 0 aliphatic carbocycles. The third-order valence-corrected chi connectivity index (χ3v) is 18.0. The number of ether oxygens (including phenoxy) is 7. The summed E-state index contributed by atoms with van der Waals surface area (Å²) in [7, 11) is 2.40. The summed E-state index contributed by atoms with van der Waals surface area (Å²) in [5, 5.41) is 88.1. The highest BCUT2D eigenvalue weighted by atomic mass is 32.2. The maximum atomic E-state index is 15.2. The van der Waals surface area contributed by atoms with E-state index in [9.17, 15) is 64.2 Å². The molecule has 0 unspecified atom stereocenters. The van der Waals surface area contributed by atoms with Crippen LogP contribution in [0.25, 0.3) is 10.7 Å². The lowest BCUT2D eigenvalue weighted by molar-refractivity contribution is -0.404. The number of imidazole rings is 1. The fourth-order valence-corrected chi connectivity index (χ4v) is 12.0. The first-order chi connectivity index (χ1) is 45.3. The maximum absolute atomic E-state index is 15.2. The molecule has 2 fully saturated rings. The van der Waals surface area contributed by atoms with Gasteiger partial charge in [-0.05, 0) is 31.7 Å². The summed E-state index contributed by atoms with van der Waals surface area (Å²) in [6.45, 7) is 5.27. The molecule has 41 heteroatoms. The van der Waals surface area contributed by atoms with E-state index in [1.54, 1.807) is 10.8 Å². The molecule has 2 aliphatic heterocycles. The number of carbonyl (C=O) groups is 8. The number of nitrogens with one attached hydrogen (secondary N) is 7. The minimum atomic E-state index is -2.14. The molecule has 2 saturated heterocycles. The van der Waals surface area contributed by atoms with E-state index >= 15 is 4.79 Å². The molecule has 0 bridgehead atoms. The molecule has 8 amide bonds. The number of hydrogen-bond acceptors (Lipinski definition) is 31. The summed E-state index contributed by atoms with van der Waals surface area (Å²) in [6.07, 6.45) is -19.5. The Bertz CT molecular complexity index is 3280. The van der Waals surface area contributed by atoms with Crippen LogP contribution in [-0.4, -0.2) is 258 Å². The van der Waals surface area contributed by atoms with Crippen molar-refractivity contribution in [2.24, 2.45) is 28.9 Å². The second-order valence-corrected chi connectivity index (χ2v) is 26.8. The average molecular weight is 1420 g/mol. The first-order valence-electron chi connectivity index (χ1n) is 29.7. The highest BCUT2D eigenvalue weighted by molar-refractivity contribution is 7.95. The second kappa shape index (κ2) is 35.8. The van der Waals surface area contributed by atoms with E-state index in [0.717, 1.165) is 38.9 Å². The summed E-state index contributed by atoms with van der Waals surface area (Å²) in [5.74, 6) is -7.53. The smallest absolute Gasteiger partial charge is 0.404 e. The number of amides is 8. The van der Waals surface area contributed by atoms with Gasteiger partial charge >= 0.3 is 6.09 Å². The zero-order chi connectivity index (χ0) is 71.0. The Morgan fingerprint density at radius 3 is 2.07 bits per heavy atom. The minimum absolute atomic E-state index is 0.00365. The van der Waals surface area contributed by atoms with Gasteiger partial charge in [-0.3, -0.25) is 33.6 Å². The van der Waals surface area contributed by atoms with E-state index in [2.05, 4.69) is 74.3 Å². The normalized spacial score (nSPS) is 24.0. The van der Waals surface area contributed by atoms with Crippen LogP contribution >= 0.6 is 22.7 Å². The van der Waals surface area contributed by atoms with Crippen molar-refractivity contribution < 1.29 is 102 Å². The summed E-state index contributed by atoms with van der Waals surface area (Å²) in [5.41, 5.74) is 28.2. The number of aliphatic hydroxyl groups excluding tert-OH is 6. The number of aromatic amines is 1. The molecule has 0 radical (unpaired) electrons. The molecule has 6 rings (SSSR count). The van der Waals surface area contributed by atoms with Crippen molar-refractivity contribution in [2.45, 2.75) is 157 Å². The number of anilines is 1. The summed E-state index contributed by atoms with van der Waals surface area (Å²) in [6, 6.07) is -7.75. The number of nitrogens with zero attached hydrogens (tertiary/aromatic N) is 5. The number of methoxy groups -OCH3 is 2. The van der Waals surface area contributed by atoms with Gasteiger partial charge in [-0.1, -0.05) is 6.92 Å². The van der Waals surface area contributed by atoms with E-state index < -0.39 is 170 Å². The van der Waals surface area contributed by atoms with Gasteiger partial charge in [0.2, 0.25) is 29.5 Å². The number of thiazole rings is 2. The van der Waals surface area contributed by atoms with Crippen LogP contribution in [0.15, 0.2) is 23.3 Å². The van der Waals surface area contributed by atoms with Gasteiger partial charge in [0.1, 0.15) is 88.2 Å². The average Bonchev–Trinajstić information content (AvgIpc) is 0.882. The summed E-state index contributed by atoms with van der Waals surface area (Å²) >= 11 is 2.54. The van der Waals surface area contributed by atoms with Crippen LogP contribution in [0, 0.1) is 12.8 Å². The van der Waals surface area contributed by atoms with Gasteiger partial charge in [0.15, 0.2) is 31.3 Å². The predicted molar refractivity (Wildman–Crippen MR) is 339 cm³/mol. The summed E-state index contributed by atoms with van der Waals surface area (Å²) < 4.78 is 39.4. The van der Waals surface area contributed by atoms with Crippen molar-refractivity contribution in [3.63, 3.8) is 0 Å². The first-order valence-corrected chi connectivity index (χ1v) is 33.7. The van der Waals surface area contributed by atoms with Crippen LogP contribution in [0.2, 0.25) is 0 Å². The zero-order valence-electron chi connectivity index (χ0n) is 53.4. The van der Waals surface area contributed by atoms with Gasteiger partial charge in [0.25, 0.3) is 11.8 Å². The Hall–Kier alpha value is -7.30. The van der Waals surface area contributed by atoms with E-state index in [1.165, 1.54) is 50.4 Å². The number of hydrogen-bond donors (Lipinski definition) is 18. The molecule has 4 aromatic rings. The number of aromatic nitrogens is 6. The largest absolute Gasteiger partial charge is 0.440 e. The molecule has 0 spiro atoms. The van der Waals surface area contributed by atoms with Crippen LogP contribution in [0.5, 0.6) is 0 Å². The number of carbonyl (C=O) groups excluding carboxylic acids is 8. The zero-order valence-corrected chi connectivity index (χ0v) is 55.8. The molecular formula is C55H84N17O21S3+. The minimum Gasteiger partial charge on any atom is -0.440 e. The number of H-pyrrole nitrogens is 1. The van der Waals surface area contributed by atoms with Crippen molar-refractivity contribution in [3.8, 4) is 10.7 Å². The standard InChI is InChI=1S/C55H83N17O21S3/c1-20-31(69-44(72-42(20)58)25(14-29(57)74)64-15-24(56)43(59)80)48(84)71-33(39(26-16-61-19-65-26)89-54-41(35(76)36(77)51(87-5)93-54)90-53-38(79)40(91-55(60)86)37(78)52(88-6)92-53)49(85)66-22(3)34(75)21(2)45(81)70-32(23(4)73)47(83)63-12-10-30-67-28(18-94-30)50-68-27(17-95-50)46(82)62-11-9-13-96(7)8/h16-19,21-25,32-41,51-54,64,73,75-79H,9-15,56H2,1-8H3,(H13-,57,58,59,60,61,62,63,65,66,69,70,71,72,74,80,81,82,83,84,85,86)/p+1/t21-,22+,23-,24-,25-,32-,33-,34-,35+,36+,37+,38+,39-,40+,41+,51-,52+,53+,54-/m0/s1. The molecule has 4 aromatic heterocycles. The fourth-order valence-electron chi connectivity index (χ4n) is 9.69. The molecule has 23 N–H and O–H groups in total. The van der Waals surface area contributed by atoms with Crippen LogP contribution in [0.3, 0.4) is 0 Å². The first kappa shape index (κ1) is 77.7. The number of nitrogens with two attached hydrogens (primary N) is 5. The van der Waals surface area contributed by atoms with E-state index in [1.807, 2.05) is 0 Å². The lowest BCUT2D eigenvalue weighted by atomic mass is 9.96. The van der Waals surface area contributed by atoms with Crippen LogP contribution in [-0.2, 0) is 74.4 Å². The molecule has 0 aromatic carbocycles. The fraction of sp³-hybridized carbons (Fsp3) is 0.618. The van der Waals surface area contributed by atoms with Gasteiger partial charge in [0.05, 0.1) is 72.0 Å². The Balaban J connectivity index is 1.26. The van der Waals surface area contributed by atoms with Crippen molar-refractivity contribution in [1.29, 1.82) is 0 Å². The maximum Gasteiger partial charge on any atom is 0.404 e. The number of nitrogen functional groups attached to an aromatic ring is 1. The molecule has 38 nitrogen and oxygen atoms in total. The molecule has 6 heterocycles. The lowest BCUT2D eigenvalue weighted by Gasteiger charge is -2.46. The second-order valence-electron chi connectivity index (χ2n) is 22.6. The van der Waals surface area contributed by atoms with E-state index in [0.29, 0.717) is 22.3 Å². The molecular weight excluding hydrogens is 1330 g/mol. The third kappa shape index (κ3) is 20.6. The molecule has 2 aliphatic rings. The van der Waals surface area contributed by atoms with Gasteiger partial charge in [-0.2, -0.15) is 0 Å². The monoisotopic (exact) mass is 1410 g/mol. The third-order valence-electron chi connectivity index (χ3n) is 15.1. The van der Waals surface area contributed by atoms with Crippen molar-refractivity contribution >= 4 is 86.8 Å². The van der Waals surface area contributed by atoms with Gasteiger partial charge in [-0.25, -0.2) is 29.7 Å². The quantitative estimate of drug-likeness (QED) is 0.0150. The van der Waals surface area contributed by atoms with Gasteiger partial charge in [0, 0.05) is 69.4 Å². The van der Waals surface area contributed by atoms with Crippen molar-refractivity contribution in [3.05, 3.63) is 56.8 Å². The Morgan fingerprint density at radius 1 is 0.771 bits per heavy atom. The Morgan fingerprint density at radius 2 is 1.45 bits per heavy atom. The number of aliphatic hydroxyl groups is 6. The van der Waals surface area contributed by atoms with E-state index in [-0.39, 0.29) is 64.9 Å². The lowest BCUT2D eigenvalue weighted by Crippen LogP contribution is -2.65. The summed E-state index contributed by atoms with van der Waals surface area (Å²) in [4.78, 5) is 131. The van der Waals surface area contributed by atoms with Gasteiger partial charge in [-0.15, -0.1) is 22.7 Å². The predicted octanol–water partition coefficient (Wildman–Crippen LogP) is -6.48. The Labute approximate surface area is 559 Å². The molecule has 19 atom stereocenters.